The molecule has 0 unspecified atom stereocenters. The van der Waals surface area contributed by atoms with E-state index in [0.29, 0.717) is 22.4 Å². The summed E-state index contributed by atoms with van der Waals surface area (Å²) in [5.41, 5.74) is 0. The third-order valence-corrected chi connectivity index (χ3v) is 5.35. The fourth-order valence-corrected chi connectivity index (χ4v) is 3.30. The Kier molecular flexibility index (Phi) is 3.76. The molecule has 2 rings (SSSR count). The summed E-state index contributed by atoms with van der Waals surface area (Å²) in [6, 6.07) is 6.31. The highest BCUT2D eigenvalue weighted by Crippen LogP contribution is 2.28. The molecule has 1 fully saturated rings. The molecule has 0 radical (unpaired) electrons. The number of halogens is 1. The molecule has 5 heteroatoms. The Morgan fingerprint density at radius 1 is 1.29 bits per heavy atom. The van der Waals surface area contributed by atoms with E-state index >= 15 is 0 Å². The van der Waals surface area contributed by atoms with Gasteiger partial charge in [0.1, 0.15) is 0 Å². The third-order valence-electron chi connectivity index (χ3n) is 3.26. The van der Waals surface area contributed by atoms with Gasteiger partial charge in [-0.1, -0.05) is 18.0 Å². The van der Waals surface area contributed by atoms with Crippen molar-refractivity contribution in [3.63, 3.8) is 0 Å². The van der Waals surface area contributed by atoms with Crippen molar-refractivity contribution in [2.45, 2.75) is 24.2 Å². The van der Waals surface area contributed by atoms with Crippen LogP contribution in [-0.4, -0.2) is 26.3 Å². The van der Waals surface area contributed by atoms with E-state index in [2.05, 4.69) is 0 Å². The van der Waals surface area contributed by atoms with Gasteiger partial charge in [0.05, 0.1) is 4.90 Å². The first-order valence-electron chi connectivity index (χ1n) is 5.72. The summed E-state index contributed by atoms with van der Waals surface area (Å²) in [4.78, 5) is 0.309. The normalized spacial score (nSPS) is 17.1. The summed E-state index contributed by atoms with van der Waals surface area (Å²) >= 11 is 5.75. The zero-order valence-electron chi connectivity index (χ0n) is 9.77. The van der Waals surface area contributed by atoms with Crippen LogP contribution in [-0.2, 0) is 10.0 Å². The van der Waals surface area contributed by atoms with Crippen LogP contribution < -0.4 is 0 Å². The highest BCUT2D eigenvalue weighted by atomic mass is 35.5. The monoisotopic (exact) mass is 273 g/mol. The molecule has 1 aromatic rings. The molecular formula is C12H16ClNO2S. The van der Waals surface area contributed by atoms with Gasteiger partial charge in [-0.25, -0.2) is 12.7 Å². The summed E-state index contributed by atoms with van der Waals surface area (Å²) in [5, 5.41) is 0.547. The van der Waals surface area contributed by atoms with Crippen LogP contribution in [0.5, 0.6) is 0 Å². The van der Waals surface area contributed by atoms with Gasteiger partial charge in [0.15, 0.2) is 0 Å². The number of rotatable bonds is 4. The maximum absolute atomic E-state index is 12.2. The standard InChI is InChI=1S/C12H16ClNO2S/c1-14(9-10-3-2-4-10)17(15,16)12-7-5-11(13)6-8-12/h5-8,10H,2-4,9H2,1H3. The lowest BCUT2D eigenvalue weighted by molar-refractivity contribution is 0.263. The molecular weight excluding hydrogens is 258 g/mol. The zero-order valence-corrected chi connectivity index (χ0v) is 11.3. The Labute approximate surface area is 107 Å². The zero-order chi connectivity index (χ0) is 12.5. The van der Waals surface area contributed by atoms with Gasteiger partial charge in [0, 0.05) is 18.6 Å². The SMILES string of the molecule is CN(CC1CCC1)S(=O)(=O)c1ccc(Cl)cc1. The molecule has 1 saturated carbocycles. The number of hydrogen-bond donors (Lipinski definition) is 0. The highest BCUT2D eigenvalue weighted by molar-refractivity contribution is 7.89. The Balaban J connectivity index is 2.13. The third kappa shape index (κ3) is 2.81. The molecule has 0 heterocycles. The van der Waals surface area contributed by atoms with Crippen LogP contribution >= 0.6 is 11.6 Å². The number of sulfonamides is 1. The molecule has 0 aliphatic heterocycles. The molecule has 1 aliphatic carbocycles. The predicted molar refractivity (Wildman–Crippen MR) is 68.6 cm³/mol. The summed E-state index contributed by atoms with van der Waals surface area (Å²) < 4.78 is 25.8. The molecule has 94 valence electrons. The second kappa shape index (κ2) is 4.96. The van der Waals surface area contributed by atoms with Gasteiger partial charge in [-0.15, -0.1) is 0 Å². The van der Waals surface area contributed by atoms with Crippen molar-refractivity contribution in [3.05, 3.63) is 29.3 Å². The van der Waals surface area contributed by atoms with Gasteiger partial charge in [-0.05, 0) is 43.0 Å². The van der Waals surface area contributed by atoms with Crippen LogP contribution in [0.3, 0.4) is 0 Å². The molecule has 0 spiro atoms. The van der Waals surface area contributed by atoms with Crippen molar-refractivity contribution >= 4 is 21.6 Å². The molecule has 0 aromatic heterocycles. The van der Waals surface area contributed by atoms with Crippen LogP contribution in [0.15, 0.2) is 29.2 Å². The maximum Gasteiger partial charge on any atom is 0.242 e. The number of benzene rings is 1. The quantitative estimate of drug-likeness (QED) is 0.846. The van der Waals surface area contributed by atoms with Crippen LogP contribution in [0.25, 0.3) is 0 Å². The van der Waals surface area contributed by atoms with E-state index in [9.17, 15) is 8.42 Å². The van der Waals surface area contributed by atoms with E-state index in [1.165, 1.54) is 10.7 Å². The lowest BCUT2D eigenvalue weighted by Gasteiger charge is -2.29. The average molecular weight is 274 g/mol. The first-order chi connectivity index (χ1) is 8.00. The lowest BCUT2D eigenvalue weighted by atomic mass is 9.86. The minimum absolute atomic E-state index is 0.309. The van der Waals surface area contributed by atoms with Gasteiger partial charge >= 0.3 is 0 Å². The van der Waals surface area contributed by atoms with Gasteiger partial charge in [-0.2, -0.15) is 0 Å². The second-order valence-corrected chi connectivity index (χ2v) is 7.02. The summed E-state index contributed by atoms with van der Waals surface area (Å²) in [5.74, 6) is 0.530. The molecule has 0 amide bonds. The molecule has 3 nitrogen and oxygen atoms in total. The van der Waals surface area contributed by atoms with E-state index in [1.54, 1.807) is 31.3 Å². The molecule has 0 atom stereocenters. The summed E-state index contributed by atoms with van der Waals surface area (Å²) in [7, 11) is -1.71. The molecule has 0 saturated heterocycles. The van der Waals surface area contributed by atoms with Crippen molar-refractivity contribution in [1.82, 2.24) is 4.31 Å². The van der Waals surface area contributed by atoms with E-state index < -0.39 is 10.0 Å². The van der Waals surface area contributed by atoms with Gasteiger partial charge in [0.2, 0.25) is 10.0 Å². The first kappa shape index (κ1) is 12.9. The van der Waals surface area contributed by atoms with E-state index in [-0.39, 0.29) is 0 Å². The molecule has 0 N–H and O–H groups in total. The first-order valence-corrected chi connectivity index (χ1v) is 7.54. The van der Waals surface area contributed by atoms with E-state index in [0.717, 1.165) is 12.8 Å². The lowest BCUT2D eigenvalue weighted by Crippen LogP contribution is -2.34. The van der Waals surface area contributed by atoms with Crippen molar-refractivity contribution in [3.8, 4) is 0 Å². The van der Waals surface area contributed by atoms with Crippen LogP contribution in [0, 0.1) is 5.92 Å². The second-order valence-electron chi connectivity index (χ2n) is 4.54. The smallest absolute Gasteiger partial charge is 0.207 e. The maximum atomic E-state index is 12.2. The van der Waals surface area contributed by atoms with Crippen molar-refractivity contribution in [2.75, 3.05) is 13.6 Å². The number of nitrogens with zero attached hydrogens (tertiary/aromatic N) is 1. The van der Waals surface area contributed by atoms with Crippen LogP contribution in [0.2, 0.25) is 5.02 Å². The minimum atomic E-state index is -3.35. The molecule has 1 aliphatic rings. The van der Waals surface area contributed by atoms with Crippen molar-refractivity contribution < 1.29 is 8.42 Å². The number of hydrogen-bond acceptors (Lipinski definition) is 2. The van der Waals surface area contributed by atoms with Gasteiger partial charge in [0.25, 0.3) is 0 Å². The molecule has 1 aromatic carbocycles. The van der Waals surface area contributed by atoms with Crippen LogP contribution in [0.4, 0.5) is 0 Å². The minimum Gasteiger partial charge on any atom is -0.207 e. The van der Waals surface area contributed by atoms with Crippen molar-refractivity contribution in [1.29, 1.82) is 0 Å². The van der Waals surface area contributed by atoms with E-state index in [1.807, 2.05) is 0 Å². The largest absolute Gasteiger partial charge is 0.242 e. The molecule has 17 heavy (non-hydrogen) atoms. The van der Waals surface area contributed by atoms with Gasteiger partial charge in [-0.3, -0.25) is 0 Å². The molecule has 0 bridgehead atoms. The Morgan fingerprint density at radius 3 is 2.35 bits per heavy atom. The Hall–Kier alpha value is -0.580. The summed E-state index contributed by atoms with van der Waals surface area (Å²) in [6.07, 6.45) is 3.50. The van der Waals surface area contributed by atoms with Crippen molar-refractivity contribution in [2.24, 2.45) is 5.92 Å². The van der Waals surface area contributed by atoms with Gasteiger partial charge < -0.3 is 0 Å². The summed E-state index contributed by atoms with van der Waals surface area (Å²) in [6.45, 7) is 0.616. The topological polar surface area (TPSA) is 37.4 Å². The Bertz CT molecular complexity index is 480. The average Bonchev–Trinajstić information content (AvgIpc) is 2.23. The predicted octanol–water partition coefficient (Wildman–Crippen LogP) is 2.76. The van der Waals surface area contributed by atoms with E-state index in [4.69, 9.17) is 11.6 Å². The highest BCUT2D eigenvalue weighted by Gasteiger charge is 2.26. The van der Waals surface area contributed by atoms with Crippen LogP contribution in [0.1, 0.15) is 19.3 Å². The Morgan fingerprint density at radius 2 is 1.88 bits per heavy atom. The fourth-order valence-electron chi connectivity index (χ4n) is 1.92. The fraction of sp³-hybridized carbons (Fsp3) is 0.500.